The van der Waals surface area contributed by atoms with E-state index >= 15 is 0 Å². The van der Waals surface area contributed by atoms with Gasteiger partial charge in [-0.25, -0.2) is 13.6 Å². The van der Waals surface area contributed by atoms with Crippen LogP contribution >= 0.6 is 0 Å². The fourth-order valence-corrected chi connectivity index (χ4v) is 3.96. The number of carbonyl (C=O) groups is 1. The van der Waals surface area contributed by atoms with Gasteiger partial charge >= 0.3 is 0 Å². The maximum atomic E-state index is 10.9. The standard InChI is InChI=1S/C9H16N2O.C6H5NO2S/c12-9-6-11(7-10-9)8-4-2-1-3-5-8;7-10(8,9)6-3-4-1-2-5(4)6/h8H,1-7H2,(H,10,12);1-3H,(H2,7,8,9). The van der Waals surface area contributed by atoms with Crippen molar-refractivity contribution in [1.29, 1.82) is 0 Å². The smallest absolute Gasteiger partial charge is 0.238 e. The van der Waals surface area contributed by atoms with Crippen LogP contribution in [-0.4, -0.2) is 38.5 Å². The van der Waals surface area contributed by atoms with Crippen molar-refractivity contribution < 1.29 is 13.2 Å². The minimum Gasteiger partial charge on any atom is -0.342 e. The monoisotopic (exact) mass is 323 g/mol. The summed E-state index contributed by atoms with van der Waals surface area (Å²) in [7, 11) is -3.44. The van der Waals surface area contributed by atoms with Crippen LogP contribution in [0.4, 0.5) is 0 Å². The number of rotatable bonds is 2. The lowest BCUT2D eigenvalue weighted by Gasteiger charge is -2.29. The summed E-state index contributed by atoms with van der Waals surface area (Å²) in [4.78, 5) is 13.5. The number of primary sulfonamides is 1. The second-order valence-corrected chi connectivity index (χ2v) is 7.58. The first-order valence-corrected chi connectivity index (χ1v) is 9.18. The van der Waals surface area contributed by atoms with Crippen LogP contribution in [0.2, 0.25) is 0 Å². The van der Waals surface area contributed by atoms with Crippen molar-refractivity contribution in [2.75, 3.05) is 13.2 Å². The van der Waals surface area contributed by atoms with Crippen LogP contribution in [0.3, 0.4) is 0 Å². The molecule has 1 saturated carbocycles. The van der Waals surface area contributed by atoms with Crippen molar-refractivity contribution in [1.82, 2.24) is 10.2 Å². The van der Waals surface area contributed by atoms with Crippen molar-refractivity contribution in [2.24, 2.45) is 5.14 Å². The van der Waals surface area contributed by atoms with Gasteiger partial charge in [-0.3, -0.25) is 9.69 Å². The largest absolute Gasteiger partial charge is 0.342 e. The topological polar surface area (TPSA) is 92.5 Å². The highest BCUT2D eigenvalue weighted by atomic mass is 32.2. The van der Waals surface area contributed by atoms with Crippen LogP contribution in [0.25, 0.3) is 11.1 Å². The summed E-state index contributed by atoms with van der Waals surface area (Å²) in [6, 6.07) is 5.85. The summed E-state index contributed by atoms with van der Waals surface area (Å²) < 4.78 is 21.3. The number of sulfonamides is 1. The van der Waals surface area contributed by atoms with E-state index in [1.54, 1.807) is 12.1 Å². The van der Waals surface area contributed by atoms with Crippen molar-refractivity contribution in [3.05, 3.63) is 18.2 Å². The minimum absolute atomic E-state index is 0.195. The van der Waals surface area contributed by atoms with Crippen molar-refractivity contribution in [3.8, 4) is 11.1 Å². The molecule has 2 fully saturated rings. The van der Waals surface area contributed by atoms with Crippen LogP contribution in [0, 0.1) is 0 Å². The molecular weight excluding hydrogens is 302 g/mol. The van der Waals surface area contributed by atoms with E-state index < -0.39 is 10.0 Å². The number of nitrogens with one attached hydrogen (secondary N) is 1. The number of nitrogens with zero attached hydrogens (tertiary/aromatic N) is 1. The summed E-state index contributed by atoms with van der Waals surface area (Å²) in [5.74, 6) is 0.195. The molecule has 0 spiro atoms. The molecule has 0 aromatic carbocycles. The maximum absolute atomic E-state index is 10.9. The molecule has 1 amide bonds. The molecule has 0 radical (unpaired) electrons. The van der Waals surface area contributed by atoms with E-state index in [1.807, 2.05) is 6.07 Å². The fraction of sp³-hybridized carbons (Fsp3) is 0.533. The van der Waals surface area contributed by atoms with Crippen LogP contribution < -0.4 is 10.5 Å². The minimum atomic E-state index is -3.44. The molecule has 0 bridgehead atoms. The summed E-state index contributed by atoms with van der Waals surface area (Å²) in [5, 5.41) is 7.72. The van der Waals surface area contributed by atoms with Gasteiger partial charge in [-0.05, 0) is 24.5 Å². The Balaban J connectivity index is 0.000000133. The first-order chi connectivity index (χ1) is 10.4. The summed E-state index contributed by atoms with van der Waals surface area (Å²) >= 11 is 0. The molecule has 4 rings (SSSR count). The number of nitrogens with two attached hydrogens (primary N) is 1. The number of benzene rings is 1. The molecule has 7 heteroatoms. The molecule has 4 aliphatic rings. The highest BCUT2D eigenvalue weighted by Crippen LogP contribution is 2.38. The van der Waals surface area contributed by atoms with Gasteiger partial charge in [0.15, 0.2) is 0 Å². The van der Waals surface area contributed by atoms with Gasteiger partial charge in [-0.2, -0.15) is 0 Å². The first kappa shape index (κ1) is 15.5. The molecule has 3 N–H and O–H groups in total. The Labute approximate surface area is 130 Å². The number of carbonyl (C=O) groups excluding carboxylic acids is 1. The molecule has 3 aliphatic carbocycles. The quantitative estimate of drug-likeness (QED) is 0.863. The Morgan fingerprint density at radius 1 is 1.18 bits per heavy atom. The molecular formula is C15H21N3O3S. The van der Waals surface area contributed by atoms with Crippen LogP contribution in [0.1, 0.15) is 32.1 Å². The van der Waals surface area contributed by atoms with E-state index in [2.05, 4.69) is 10.2 Å². The number of fused-ring (bicyclic) bond motifs is 1. The van der Waals surface area contributed by atoms with Gasteiger partial charge in [-0.15, -0.1) is 0 Å². The molecule has 1 aliphatic heterocycles. The average Bonchev–Trinajstić information content (AvgIpc) is 2.89. The zero-order chi connectivity index (χ0) is 15.7. The van der Waals surface area contributed by atoms with Crippen molar-refractivity contribution >= 4 is 15.9 Å². The second kappa shape index (κ2) is 5.98. The van der Waals surface area contributed by atoms with Crippen molar-refractivity contribution in [2.45, 2.75) is 43.0 Å². The average molecular weight is 323 g/mol. The van der Waals surface area contributed by atoms with E-state index in [0.29, 0.717) is 12.6 Å². The predicted octanol–water partition coefficient (Wildman–Crippen LogP) is 1.02. The van der Waals surface area contributed by atoms with Gasteiger partial charge in [0.05, 0.1) is 18.1 Å². The molecule has 6 nitrogen and oxygen atoms in total. The Morgan fingerprint density at radius 2 is 1.91 bits per heavy atom. The highest BCUT2D eigenvalue weighted by Gasteiger charge is 2.27. The second-order valence-electron chi connectivity index (χ2n) is 6.05. The lowest BCUT2D eigenvalue weighted by Crippen LogP contribution is -2.35. The van der Waals surface area contributed by atoms with Gasteiger partial charge in [0, 0.05) is 11.6 Å². The summed E-state index contributed by atoms with van der Waals surface area (Å²) in [6.45, 7) is 1.41. The van der Waals surface area contributed by atoms with Crippen LogP contribution in [0.5, 0.6) is 0 Å². The van der Waals surface area contributed by atoms with E-state index in [9.17, 15) is 13.2 Å². The lowest BCUT2D eigenvalue weighted by atomic mass is 9.94. The summed E-state index contributed by atoms with van der Waals surface area (Å²) in [6.07, 6.45) is 6.64. The Hall–Kier alpha value is -1.44. The number of amides is 1. The Kier molecular flexibility index (Phi) is 4.20. The fourth-order valence-electron chi connectivity index (χ4n) is 3.18. The molecule has 120 valence electrons. The van der Waals surface area contributed by atoms with E-state index in [0.717, 1.165) is 17.8 Å². The van der Waals surface area contributed by atoms with Gasteiger partial charge in [0.1, 0.15) is 0 Å². The van der Waals surface area contributed by atoms with E-state index in [1.165, 1.54) is 32.1 Å². The maximum Gasteiger partial charge on any atom is 0.238 e. The lowest BCUT2D eigenvalue weighted by molar-refractivity contribution is -0.118. The highest BCUT2D eigenvalue weighted by molar-refractivity contribution is 7.89. The normalized spacial score (nSPS) is 21.0. The van der Waals surface area contributed by atoms with Gasteiger partial charge in [-0.1, -0.05) is 31.4 Å². The zero-order valence-corrected chi connectivity index (χ0v) is 13.2. The predicted molar refractivity (Wildman–Crippen MR) is 83.4 cm³/mol. The number of hydrogen-bond donors (Lipinski definition) is 2. The van der Waals surface area contributed by atoms with Crippen LogP contribution in [0.15, 0.2) is 23.1 Å². The van der Waals surface area contributed by atoms with Gasteiger partial charge in [0.2, 0.25) is 15.9 Å². The Bertz CT molecular complexity index is 681. The molecule has 0 unspecified atom stereocenters. The zero-order valence-electron chi connectivity index (χ0n) is 12.4. The summed E-state index contributed by atoms with van der Waals surface area (Å²) in [5.41, 5.74) is 1.77. The van der Waals surface area contributed by atoms with Crippen molar-refractivity contribution in [3.63, 3.8) is 0 Å². The Morgan fingerprint density at radius 3 is 2.27 bits per heavy atom. The molecule has 22 heavy (non-hydrogen) atoms. The SMILES string of the molecule is NS(=O)(=O)c1cc2ccc1-2.O=C1CN(C2CCCCC2)CN1. The number of hydrogen-bond acceptors (Lipinski definition) is 4. The van der Waals surface area contributed by atoms with E-state index in [-0.39, 0.29) is 10.8 Å². The first-order valence-electron chi connectivity index (χ1n) is 7.63. The molecule has 0 aromatic rings. The molecule has 1 heterocycles. The van der Waals surface area contributed by atoms with E-state index in [4.69, 9.17) is 5.14 Å². The van der Waals surface area contributed by atoms with Gasteiger partial charge in [0.25, 0.3) is 0 Å². The molecule has 0 aromatic heterocycles. The van der Waals surface area contributed by atoms with Crippen LogP contribution in [-0.2, 0) is 14.8 Å². The third kappa shape index (κ3) is 3.16. The molecule has 0 atom stereocenters. The van der Waals surface area contributed by atoms with Gasteiger partial charge < -0.3 is 5.32 Å². The third-order valence-electron chi connectivity index (χ3n) is 4.52. The molecule has 1 saturated heterocycles. The third-order valence-corrected chi connectivity index (χ3v) is 5.47.